The van der Waals surface area contributed by atoms with Crippen molar-refractivity contribution in [1.29, 1.82) is 0 Å². The van der Waals surface area contributed by atoms with Crippen LogP contribution in [0.4, 0.5) is 26.3 Å². The van der Waals surface area contributed by atoms with Crippen molar-refractivity contribution in [2.45, 2.75) is 32.4 Å². The predicted molar refractivity (Wildman–Crippen MR) is 122 cm³/mol. The SMILES string of the molecule is C/C=C/CCc1ccc(-c2ccc(OCCC(F)c3ccc(OC)c(F)c3)c(F)c2F)c(F)c1F. The highest BCUT2D eigenvalue weighted by Crippen LogP contribution is 2.34. The van der Waals surface area contributed by atoms with Crippen LogP contribution in [-0.2, 0) is 6.42 Å². The Morgan fingerprint density at radius 2 is 1.49 bits per heavy atom. The maximum atomic E-state index is 14.7. The number of halogens is 6. The summed E-state index contributed by atoms with van der Waals surface area (Å²) < 4.78 is 96.4. The van der Waals surface area contributed by atoms with Gasteiger partial charge in [-0.25, -0.2) is 22.0 Å². The molecule has 0 aliphatic rings. The van der Waals surface area contributed by atoms with E-state index in [0.717, 1.165) is 18.2 Å². The normalized spacial score (nSPS) is 12.2. The summed E-state index contributed by atoms with van der Waals surface area (Å²) in [4.78, 5) is 0. The minimum atomic E-state index is -1.62. The van der Waals surface area contributed by atoms with E-state index in [0.29, 0.717) is 6.42 Å². The third kappa shape index (κ3) is 5.99. The molecule has 3 aromatic carbocycles. The Morgan fingerprint density at radius 3 is 2.14 bits per heavy atom. The zero-order chi connectivity index (χ0) is 25.5. The third-order valence-corrected chi connectivity index (χ3v) is 5.48. The van der Waals surface area contributed by atoms with E-state index in [1.807, 2.05) is 6.92 Å². The molecule has 1 atom stereocenters. The molecule has 0 aliphatic heterocycles. The molecule has 1 unspecified atom stereocenters. The highest BCUT2D eigenvalue weighted by atomic mass is 19.2. The molecule has 0 amide bonds. The first-order valence-corrected chi connectivity index (χ1v) is 10.9. The molecule has 0 spiro atoms. The number of rotatable bonds is 10. The second kappa shape index (κ2) is 11.8. The summed E-state index contributed by atoms with van der Waals surface area (Å²) in [6.07, 6.45) is 2.48. The second-order valence-electron chi connectivity index (χ2n) is 7.75. The van der Waals surface area contributed by atoms with Gasteiger partial charge in [-0.1, -0.05) is 30.4 Å². The van der Waals surface area contributed by atoms with Gasteiger partial charge in [0, 0.05) is 17.5 Å². The number of methoxy groups -OCH3 is 1. The molecule has 0 fully saturated rings. The number of allylic oxidation sites excluding steroid dienone is 2. The first-order valence-electron chi connectivity index (χ1n) is 10.9. The van der Waals surface area contributed by atoms with Crippen molar-refractivity contribution in [3.8, 4) is 22.6 Å². The molecular weight excluding hydrogens is 470 g/mol. The van der Waals surface area contributed by atoms with E-state index in [1.54, 1.807) is 12.2 Å². The lowest BCUT2D eigenvalue weighted by atomic mass is 9.99. The predicted octanol–water partition coefficient (Wildman–Crippen LogP) is 8.05. The van der Waals surface area contributed by atoms with E-state index in [2.05, 4.69) is 0 Å². The Kier molecular flexibility index (Phi) is 8.84. The molecule has 35 heavy (non-hydrogen) atoms. The number of benzene rings is 3. The highest BCUT2D eigenvalue weighted by Gasteiger charge is 2.22. The van der Waals surface area contributed by atoms with Gasteiger partial charge in [0.25, 0.3) is 0 Å². The van der Waals surface area contributed by atoms with Crippen LogP contribution in [-0.4, -0.2) is 13.7 Å². The molecule has 0 radical (unpaired) electrons. The van der Waals surface area contributed by atoms with Gasteiger partial charge in [-0.05, 0) is 55.2 Å². The van der Waals surface area contributed by atoms with Crippen molar-refractivity contribution in [2.75, 3.05) is 13.7 Å². The molecule has 8 heteroatoms. The zero-order valence-electron chi connectivity index (χ0n) is 19.2. The maximum absolute atomic E-state index is 14.7. The number of ether oxygens (including phenoxy) is 2. The summed E-state index contributed by atoms with van der Waals surface area (Å²) in [6, 6.07) is 8.27. The summed E-state index contributed by atoms with van der Waals surface area (Å²) in [5, 5.41) is 0. The van der Waals surface area contributed by atoms with Crippen molar-refractivity contribution in [2.24, 2.45) is 0 Å². The van der Waals surface area contributed by atoms with E-state index < -0.39 is 52.1 Å². The van der Waals surface area contributed by atoms with Crippen LogP contribution >= 0.6 is 0 Å². The Morgan fingerprint density at radius 1 is 0.829 bits per heavy atom. The van der Waals surface area contributed by atoms with Crippen LogP contribution in [0.25, 0.3) is 11.1 Å². The molecule has 3 aromatic rings. The quantitative estimate of drug-likeness (QED) is 0.210. The monoisotopic (exact) mass is 494 g/mol. The third-order valence-electron chi connectivity index (χ3n) is 5.48. The fourth-order valence-corrected chi connectivity index (χ4v) is 3.56. The van der Waals surface area contributed by atoms with E-state index in [4.69, 9.17) is 9.47 Å². The van der Waals surface area contributed by atoms with Crippen molar-refractivity contribution in [3.05, 3.63) is 94.8 Å². The second-order valence-corrected chi connectivity index (χ2v) is 7.75. The topological polar surface area (TPSA) is 18.5 Å². The minimum Gasteiger partial charge on any atom is -0.494 e. The standard InChI is InChI=1S/C27H24F6O2/c1-3-4-5-6-16-7-9-18(25(31)24(16)30)19-10-12-23(27(33)26(19)32)35-14-13-20(28)17-8-11-22(34-2)21(29)15-17/h3-4,7-12,15,20H,5-6,13-14H2,1-2H3/b4-3+. The Balaban J connectivity index is 1.71. The lowest BCUT2D eigenvalue weighted by molar-refractivity contribution is 0.228. The van der Waals surface area contributed by atoms with E-state index in [9.17, 15) is 26.3 Å². The summed E-state index contributed by atoms with van der Waals surface area (Å²) in [6.45, 7) is 1.47. The van der Waals surface area contributed by atoms with Gasteiger partial charge < -0.3 is 9.47 Å². The smallest absolute Gasteiger partial charge is 0.201 e. The van der Waals surface area contributed by atoms with Crippen LogP contribution in [0, 0.1) is 29.1 Å². The summed E-state index contributed by atoms with van der Waals surface area (Å²) >= 11 is 0. The number of aryl methyl sites for hydroxylation is 1. The van der Waals surface area contributed by atoms with E-state index >= 15 is 0 Å². The van der Waals surface area contributed by atoms with Gasteiger partial charge in [0.05, 0.1) is 13.7 Å². The molecule has 0 saturated carbocycles. The van der Waals surface area contributed by atoms with Crippen LogP contribution < -0.4 is 9.47 Å². The van der Waals surface area contributed by atoms with Crippen molar-refractivity contribution in [1.82, 2.24) is 0 Å². The number of hydrogen-bond acceptors (Lipinski definition) is 2. The first-order chi connectivity index (χ1) is 16.8. The molecule has 3 rings (SSSR count). The van der Waals surface area contributed by atoms with Crippen molar-refractivity contribution >= 4 is 0 Å². The van der Waals surface area contributed by atoms with Gasteiger partial charge in [0.15, 0.2) is 34.8 Å². The largest absolute Gasteiger partial charge is 0.494 e. The van der Waals surface area contributed by atoms with Crippen LogP contribution in [0.1, 0.15) is 37.1 Å². The molecule has 0 heterocycles. The molecule has 186 valence electrons. The number of hydrogen-bond donors (Lipinski definition) is 0. The average Bonchev–Trinajstić information content (AvgIpc) is 2.85. The maximum Gasteiger partial charge on any atom is 0.201 e. The molecule has 0 saturated heterocycles. The molecule has 2 nitrogen and oxygen atoms in total. The Labute approximate surface area is 199 Å². The zero-order valence-corrected chi connectivity index (χ0v) is 19.2. The molecule has 0 aliphatic carbocycles. The van der Waals surface area contributed by atoms with Gasteiger partial charge in [-0.3, -0.25) is 0 Å². The van der Waals surface area contributed by atoms with Gasteiger partial charge >= 0.3 is 0 Å². The van der Waals surface area contributed by atoms with E-state index in [-0.39, 0.29) is 36.3 Å². The molecule has 0 aromatic heterocycles. The molecular formula is C27H24F6O2. The highest BCUT2D eigenvalue weighted by molar-refractivity contribution is 5.66. The molecule has 0 N–H and O–H groups in total. The summed E-state index contributed by atoms with van der Waals surface area (Å²) in [5.74, 6) is -6.50. The minimum absolute atomic E-state index is 0.0329. The summed E-state index contributed by atoms with van der Waals surface area (Å²) in [5.41, 5.74) is -0.725. The van der Waals surface area contributed by atoms with Crippen LogP contribution in [0.15, 0.2) is 54.6 Å². The van der Waals surface area contributed by atoms with Crippen molar-refractivity contribution in [3.63, 3.8) is 0 Å². The Hall–Kier alpha value is -3.42. The number of alkyl halides is 1. The van der Waals surface area contributed by atoms with Crippen LogP contribution in [0.3, 0.4) is 0 Å². The van der Waals surface area contributed by atoms with Gasteiger partial charge in [-0.15, -0.1) is 0 Å². The van der Waals surface area contributed by atoms with E-state index in [1.165, 1.54) is 31.4 Å². The summed E-state index contributed by atoms with van der Waals surface area (Å²) in [7, 11) is 1.28. The fraction of sp³-hybridized carbons (Fsp3) is 0.259. The lowest BCUT2D eigenvalue weighted by Gasteiger charge is -2.14. The van der Waals surface area contributed by atoms with Gasteiger partial charge in [0.2, 0.25) is 5.82 Å². The Bertz CT molecular complexity index is 1210. The fourth-order valence-electron chi connectivity index (χ4n) is 3.56. The van der Waals surface area contributed by atoms with Crippen LogP contribution in [0.5, 0.6) is 11.5 Å². The average molecular weight is 494 g/mol. The van der Waals surface area contributed by atoms with Crippen LogP contribution in [0.2, 0.25) is 0 Å². The van der Waals surface area contributed by atoms with Crippen molar-refractivity contribution < 1.29 is 35.8 Å². The van der Waals surface area contributed by atoms with Gasteiger partial charge in [0.1, 0.15) is 6.17 Å². The lowest BCUT2D eigenvalue weighted by Crippen LogP contribution is -2.06. The molecule has 0 bridgehead atoms. The van der Waals surface area contributed by atoms with Gasteiger partial charge in [-0.2, -0.15) is 4.39 Å². The first kappa shape index (κ1) is 26.2.